The minimum absolute atomic E-state index is 0.625. The Balaban J connectivity index is 2.43. The molecule has 0 amide bonds. The van der Waals surface area contributed by atoms with Gasteiger partial charge in [0.15, 0.2) is 0 Å². The Morgan fingerprint density at radius 2 is 2.00 bits per heavy atom. The third-order valence-electron chi connectivity index (χ3n) is 3.80. The van der Waals surface area contributed by atoms with Gasteiger partial charge in [-0.2, -0.15) is 0 Å². The average Bonchev–Trinajstić information content (AvgIpc) is 2.59. The SMILES string of the molecule is CCN1CCC(CC)(CCN(C)C)C1. The Morgan fingerprint density at radius 1 is 1.29 bits per heavy atom. The zero-order valence-corrected chi connectivity index (χ0v) is 10.3. The second-order valence-corrected chi connectivity index (χ2v) is 5.03. The number of rotatable bonds is 5. The molecule has 1 unspecified atom stereocenters. The number of hydrogen-bond acceptors (Lipinski definition) is 2. The molecule has 0 radical (unpaired) electrons. The first-order valence-electron chi connectivity index (χ1n) is 5.99. The van der Waals surface area contributed by atoms with E-state index in [-0.39, 0.29) is 0 Å². The van der Waals surface area contributed by atoms with Gasteiger partial charge in [-0.1, -0.05) is 13.8 Å². The molecule has 1 aliphatic heterocycles. The molecule has 1 heterocycles. The fourth-order valence-electron chi connectivity index (χ4n) is 2.43. The smallest absolute Gasteiger partial charge is 0.00387 e. The van der Waals surface area contributed by atoms with E-state index in [1.807, 2.05) is 0 Å². The maximum Gasteiger partial charge on any atom is 0.00387 e. The lowest BCUT2D eigenvalue weighted by molar-refractivity contribution is 0.211. The van der Waals surface area contributed by atoms with Crippen molar-refractivity contribution in [2.45, 2.75) is 33.1 Å². The van der Waals surface area contributed by atoms with Crippen LogP contribution in [0.15, 0.2) is 0 Å². The molecule has 2 nitrogen and oxygen atoms in total. The zero-order chi connectivity index (χ0) is 10.6. The monoisotopic (exact) mass is 198 g/mol. The molecule has 0 aromatic carbocycles. The van der Waals surface area contributed by atoms with Crippen molar-refractivity contribution in [1.82, 2.24) is 9.80 Å². The predicted octanol–water partition coefficient (Wildman–Crippen LogP) is 2.06. The zero-order valence-electron chi connectivity index (χ0n) is 10.3. The van der Waals surface area contributed by atoms with Gasteiger partial charge in [0.2, 0.25) is 0 Å². The van der Waals surface area contributed by atoms with Gasteiger partial charge in [-0.3, -0.25) is 0 Å². The van der Waals surface area contributed by atoms with Gasteiger partial charge in [-0.25, -0.2) is 0 Å². The molecule has 1 aliphatic rings. The van der Waals surface area contributed by atoms with Crippen LogP contribution in [0.25, 0.3) is 0 Å². The van der Waals surface area contributed by atoms with E-state index in [4.69, 9.17) is 0 Å². The van der Waals surface area contributed by atoms with E-state index in [2.05, 4.69) is 37.7 Å². The van der Waals surface area contributed by atoms with E-state index in [1.165, 1.54) is 45.4 Å². The summed E-state index contributed by atoms with van der Waals surface area (Å²) in [7, 11) is 4.35. The van der Waals surface area contributed by atoms with Gasteiger partial charge >= 0.3 is 0 Å². The van der Waals surface area contributed by atoms with E-state index >= 15 is 0 Å². The molecular formula is C12H26N2. The van der Waals surface area contributed by atoms with Crippen molar-refractivity contribution in [1.29, 1.82) is 0 Å². The van der Waals surface area contributed by atoms with Crippen molar-refractivity contribution in [3.63, 3.8) is 0 Å². The lowest BCUT2D eigenvalue weighted by Crippen LogP contribution is -2.30. The van der Waals surface area contributed by atoms with Crippen molar-refractivity contribution >= 4 is 0 Å². The molecule has 0 aromatic rings. The Kier molecular flexibility index (Phi) is 4.39. The maximum absolute atomic E-state index is 2.60. The number of nitrogens with zero attached hydrogens (tertiary/aromatic N) is 2. The molecule has 1 saturated heterocycles. The highest BCUT2D eigenvalue weighted by atomic mass is 15.2. The average molecular weight is 198 g/mol. The van der Waals surface area contributed by atoms with Crippen molar-refractivity contribution in [2.24, 2.45) is 5.41 Å². The third-order valence-corrected chi connectivity index (χ3v) is 3.80. The highest BCUT2D eigenvalue weighted by Gasteiger charge is 2.35. The molecule has 2 heteroatoms. The fraction of sp³-hybridized carbons (Fsp3) is 1.00. The predicted molar refractivity (Wildman–Crippen MR) is 62.6 cm³/mol. The largest absolute Gasteiger partial charge is 0.309 e. The van der Waals surface area contributed by atoms with Gasteiger partial charge in [-0.05, 0) is 58.4 Å². The molecule has 1 atom stereocenters. The summed E-state index contributed by atoms with van der Waals surface area (Å²) in [4.78, 5) is 4.91. The van der Waals surface area contributed by atoms with Crippen LogP contribution in [0.3, 0.4) is 0 Å². The molecular weight excluding hydrogens is 172 g/mol. The highest BCUT2D eigenvalue weighted by molar-refractivity contribution is 4.88. The molecule has 0 bridgehead atoms. The molecule has 0 aromatic heterocycles. The van der Waals surface area contributed by atoms with Crippen molar-refractivity contribution in [2.75, 3.05) is 40.3 Å². The van der Waals surface area contributed by atoms with Crippen LogP contribution in [-0.4, -0.2) is 50.1 Å². The van der Waals surface area contributed by atoms with E-state index < -0.39 is 0 Å². The lowest BCUT2D eigenvalue weighted by atomic mass is 9.81. The summed E-state index contributed by atoms with van der Waals surface area (Å²) >= 11 is 0. The van der Waals surface area contributed by atoms with Crippen LogP contribution in [0.4, 0.5) is 0 Å². The molecule has 14 heavy (non-hydrogen) atoms. The maximum atomic E-state index is 2.60. The topological polar surface area (TPSA) is 6.48 Å². The van der Waals surface area contributed by atoms with Gasteiger partial charge in [0.1, 0.15) is 0 Å². The first-order chi connectivity index (χ1) is 6.62. The first-order valence-corrected chi connectivity index (χ1v) is 5.99. The molecule has 0 N–H and O–H groups in total. The molecule has 1 rings (SSSR count). The Bertz CT molecular complexity index is 168. The van der Waals surface area contributed by atoms with Crippen LogP contribution in [0.5, 0.6) is 0 Å². The summed E-state index contributed by atoms with van der Waals surface area (Å²) in [6, 6.07) is 0. The molecule has 0 saturated carbocycles. The van der Waals surface area contributed by atoms with Crippen LogP contribution in [0, 0.1) is 5.41 Å². The van der Waals surface area contributed by atoms with Crippen molar-refractivity contribution in [3.8, 4) is 0 Å². The van der Waals surface area contributed by atoms with Crippen LogP contribution in [0.1, 0.15) is 33.1 Å². The molecule has 84 valence electrons. The fourth-order valence-corrected chi connectivity index (χ4v) is 2.43. The van der Waals surface area contributed by atoms with Gasteiger partial charge in [-0.15, -0.1) is 0 Å². The third kappa shape index (κ3) is 2.96. The normalized spacial score (nSPS) is 28.9. The van der Waals surface area contributed by atoms with Gasteiger partial charge in [0, 0.05) is 6.54 Å². The van der Waals surface area contributed by atoms with Gasteiger partial charge in [0.05, 0.1) is 0 Å². The quantitative estimate of drug-likeness (QED) is 0.667. The number of likely N-dealkylation sites (tertiary alicyclic amines) is 1. The minimum Gasteiger partial charge on any atom is -0.309 e. The van der Waals surface area contributed by atoms with E-state index in [1.54, 1.807) is 0 Å². The van der Waals surface area contributed by atoms with E-state index in [9.17, 15) is 0 Å². The molecule has 0 aliphatic carbocycles. The van der Waals surface area contributed by atoms with E-state index in [0.717, 1.165) is 0 Å². The Labute approximate surface area is 89.3 Å². The van der Waals surface area contributed by atoms with Crippen LogP contribution >= 0.6 is 0 Å². The summed E-state index contributed by atoms with van der Waals surface area (Å²) in [5.74, 6) is 0. The lowest BCUT2D eigenvalue weighted by Gasteiger charge is -2.29. The molecule has 0 spiro atoms. The number of hydrogen-bond donors (Lipinski definition) is 0. The van der Waals surface area contributed by atoms with Crippen LogP contribution < -0.4 is 0 Å². The summed E-state index contributed by atoms with van der Waals surface area (Å²) in [6.45, 7) is 9.74. The summed E-state index contributed by atoms with van der Waals surface area (Å²) in [5.41, 5.74) is 0.625. The van der Waals surface area contributed by atoms with Crippen LogP contribution in [-0.2, 0) is 0 Å². The Hall–Kier alpha value is -0.0800. The van der Waals surface area contributed by atoms with Gasteiger partial charge < -0.3 is 9.80 Å². The molecule has 1 fully saturated rings. The summed E-state index contributed by atoms with van der Waals surface area (Å²) < 4.78 is 0. The minimum atomic E-state index is 0.625. The second kappa shape index (κ2) is 5.13. The first kappa shape index (κ1) is 12.0. The highest BCUT2D eigenvalue weighted by Crippen LogP contribution is 2.36. The van der Waals surface area contributed by atoms with Crippen molar-refractivity contribution < 1.29 is 0 Å². The van der Waals surface area contributed by atoms with Crippen LogP contribution in [0.2, 0.25) is 0 Å². The van der Waals surface area contributed by atoms with Gasteiger partial charge in [0.25, 0.3) is 0 Å². The summed E-state index contributed by atoms with van der Waals surface area (Å²) in [5, 5.41) is 0. The second-order valence-electron chi connectivity index (χ2n) is 5.03. The summed E-state index contributed by atoms with van der Waals surface area (Å²) in [6.07, 6.45) is 4.12. The Morgan fingerprint density at radius 3 is 2.43 bits per heavy atom. The van der Waals surface area contributed by atoms with E-state index in [0.29, 0.717) is 5.41 Å². The standard InChI is InChI=1S/C12H26N2/c1-5-12(7-9-13(3)4)8-10-14(6-2)11-12/h5-11H2,1-4H3. The van der Waals surface area contributed by atoms with Crippen molar-refractivity contribution in [3.05, 3.63) is 0 Å².